The van der Waals surface area contributed by atoms with Crippen molar-refractivity contribution in [2.24, 2.45) is 5.73 Å². The minimum Gasteiger partial charge on any atom is -0.396 e. The molecule has 7 nitrogen and oxygen atoms in total. The molecule has 2 amide bonds. The third kappa shape index (κ3) is 5.90. The lowest BCUT2D eigenvalue weighted by Crippen LogP contribution is -2.64. The van der Waals surface area contributed by atoms with E-state index in [2.05, 4.69) is 0 Å². The van der Waals surface area contributed by atoms with Gasteiger partial charge in [-0.25, -0.2) is 8.78 Å². The Morgan fingerprint density at radius 1 is 0.881 bits per heavy atom. The smallest absolute Gasteiger partial charge is 0.255 e. The average Bonchev–Trinajstić information content (AvgIpc) is 3.32. The number of nitrogens with two attached hydrogens (primary N) is 1. The number of carbonyl (C=O) groups is 2. The third-order valence-corrected chi connectivity index (χ3v) is 9.21. The summed E-state index contributed by atoms with van der Waals surface area (Å²) >= 11 is 18.9. The van der Waals surface area contributed by atoms with Gasteiger partial charge in [-0.05, 0) is 61.4 Å². The molecule has 0 radical (unpaired) electrons. The first-order valence-corrected chi connectivity index (χ1v) is 14.9. The van der Waals surface area contributed by atoms with Crippen LogP contribution in [0.15, 0.2) is 48.5 Å². The molecule has 3 N–H and O–H groups in total. The van der Waals surface area contributed by atoms with Crippen molar-refractivity contribution in [2.75, 3.05) is 32.8 Å². The number of piperidine rings is 2. The topological polar surface area (TPSA) is 91.8 Å². The zero-order chi connectivity index (χ0) is 30.2. The zero-order valence-corrected chi connectivity index (χ0v) is 25.0. The molecular weight excluding hydrogens is 609 g/mol. The van der Waals surface area contributed by atoms with Crippen molar-refractivity contribution in [1.82, 2.24) is 14.4 Å². The Hall–Kier alpha value is -2.69. The van der Waals surface area contributed by atoms with Gasteiger partial charge in [0.2, 0.25) is 5.91 Å². The Bertz CT molecular complexity index is 1480. The van der Waals surface area contributed by atoms with E-state index in [1.54, 1.807) is 46.2 Å². The highest BCUT2D eigenvalue weighted by molar-refractivity contribution is 6.36. The summed E-state index contributed by atoms with van der Waals surface area (Å²) in [5.41, 5.74) is 7.71. The van der Waals surface area contributed by atoms with Crippen molar-refractivity contribution in [1.29, 1.82) is 0 Å². The highest BCUT2D eigenvalue weighted by Gasteiger charge is 2.49. The van der Waals surface area contributed by atoms with Crippen LogP contribution in [0.3, 0.4) is 0 Å². The van der Waals surface area contributed by atoms with Crippen LogP contribution in [0.25, 0.3) is 16.9 Å². The number of nitrogens with zero attached hydrogens (tertiary/aromatic N) is 3. The van der Waals surface area contributed by atoms with Crippen molar-refractivity contribution in [3.05, 3.63) is 74.9 Å². The van der Waals surface area contributed by atoms with Gasteiger partial charge in [0, 0.05) is 79.0 Å². The fourth-order valence-electron chi connectivity index (χ4n) is 6.10. The van der Waals surface area contributed by atoms with E-state index in [1.165, 1.54) is 0 Å². The summed E-state index contributed by atoms with van der Waals surface area (Å²) in [4.78, 5) is 30.2. The summed E-state index contributed by atoms with van der Waals surface area (Å²) in [6.07, 6.45) is -0.00563. The summed E-state index contributed by atoms with van der Waals surface area (Å²) in [5, 5.41) is 11.4. The van der Waals surface area contributed by atoms with Crippen LogP contribution in [0, 0.1) is 0 Å². The minimum atomic E-state index is -2.75. The molecule has 3 heterocycles. The number of rotatable bonds is 7. The van der Waals surface area contributed by atoms with Gasteiger partial charge < -0.3 is 20.3 Å². The van der Waals surface area contributed by atoms with E-state index in [0.717, 1.165) is 5.69 Å². The summed E-state index contributed by atoms with van der Waals surface area (Å²) in [5.74, 6) is -3.59. The van der Waals surface area contributed by atoms with Crippen molar-refractivity contribution < 1.29 is 23.5 Å². The second-order valence-corrected chi connectivity index (χ2v) is 12.1. The molecule has 3 aromatic rings. The number of likely N-dealkylation sites (tertiary alicyclic amines) is 2. The monoisotopic (exact) mass is 638 g/mol. The maximum absolute atomic E-state index is 14.1. The van der Waals surface area contributed by atoms with Crippen molar-refractivity contribution in [3.63, 3.8) is 0 Å². The van der Waals surface area contributed by atoms with E-state index in [4.69, 9.17) is 40.5 Å². The molecule has 0 spiro atoms. The molecular formula is C30H31Cl3F2N4O3. The molecule has 224 valence electrons. The van der Waals surface area contributed by atoms with Gasteiger partial charge in [-0.15, -0.1) is 0 Å². The second kappa shape index (κ2) is 12.1. The molecule has 2 aliphatic rings. The average molecular weight is 640 g/mol. The summed E-state index contributed by atoms with van der Waals surface area (Å²) < 4.78 is 29.5. The number of benzene rings is 2. The lowest BCUT2D eigenvalue weighted by atomic mass is 9.83. The highest BCUT2D eigenvalue weighted by atomic mass is 35.5. The van der Waals surface area contributed by atoms with E-state index in [9.17, 15) is 23.5 Å². The van der Waals surface area contributed by atoms with Crippen LogP contribution >= 0.6 is 34.8 Å². The Morgan fingerprint density at radius 2 is 1.50 bits per heavy atom. The van der Waals surface area contributed by atoms with E-state index in [0.29, 0.717) is 37.6 Å². The number of halogens is 5. The first-order chi connectivity index (χ1) is 20.0. The summed E-state index contributed by atoms with van der Waals surface area (Å²) in [7, 11) is 0. The molecule has 0 unspecified atom stereocenters. The fraction of sp³-hybridized carbons (Fsp3) is 0.400. The van der Waals surface area contributed by atoms with E-state index in [1.807, 2.05) is 16.7 Å². The maximum Gasteiger partial charge on any atom is 0.255 e. The number of carbonyl (C=O) groups excluding carboxylic acids is 2. The number of amides is 2. The molecule has 2 aromatic carbocycles. The number of primary amides is 1. The second-order valence-electron chi connectivity index (χ2n) is 10.8. The highest BCUT2D eigenvalue weighted by Crippen LogP contribution is 2.39. The standard InChI is InChI=1S/C30H31Cl3F2N4O3/c31-19-1-4-21(5-2-19)39-25(7-16-40)23(18-26(39)22-6-3-20(32)17-24(22)33)27(41)37-12-8-29(9-13-37,28(36)42)38-14-10-30(34,35)11-15-38/h1-6,17-18,40H,7-16H2,(H2,36,42). The molecule has 5 rings (SSSR count). The lowest BCUT2D eigenvalue weighted by Gasteiger charge is -2.48. The third-order valence-electron chi connectivity index (χ3n) is 8.41. The molecule has 42 heavy (non-hydrogen) atoms. The van der Waals surface area contributed by atoms with Gasteiger partial charge >= 0.3 is 0 Å². The molecule has 12 heteroatoms. The van der Waals surface area contributed by atoms with Crippen LogP contribution in [0.5, 0.6) is 0 Å². The van der Waals surface area contributed by atoms with Crippen LogP contribution in [0.2, 0.25) is 15.1 Å². The van der Waals surface area contributed by atoms with Gasteiger partial charge in [0.1, 0.15) is 5.54 Å². The fourth-order valence-corrected chi connectivity index (χ4v) is 6.73. The van der Waals surface area contributed by atoms with E-state index >= 15 is 0 Å². The van der Waals surface area contributed by atoms with Gasteiger partial charge in [0.25, 0.3) is 11.8 Å². The Morgan fingerprint density at radius 3 is 2.07 bits per heavy atom. The van der Waals surface area contributed by atoms with Crippen LogP contribution in [-0.4, -0.2) is 75.5 Å². The quantitative estimate of drug-likeness (QED) is 0.340. The predicted molar refractivity (Wildman–Crippen MR) is 160 cm³/mol. The molecule has 2 aliphatic heterocycles. The lowest BCUT2D eigenvalue weighted by molar-refractivity contribution is -0.140. The Kier molecular flexibility index (Phi) is 8.88. The molecule has 0 atom stereocenters. The number of alkyl halides is 2. The molecule has 2 saturated heterocycles. The molecule has 1 aromatic heterocycles. The van der Waals surface area contributed by atoms with Crippen molar-refractivity contribution in [3.8, 4) is 16.9 Å². The molecule has 2 fully saturated rings. The van der Waals surface area contributed by atoms with E-state index in [-0.39, 0.29) is 70.8 Å². The van der Waals surface area contributed by atoms with E-state index < -0.39 is 17.4 Å². The van der Waals surface area contributed by atoms with Crippen LogP contribution in [0.1, 0.15) is 41.7 Å². The molecule has 0 aliphatic carbocycles. The molecule has 0 bridgehead atoms. The number of aromatic nitrogens is 1. The van der Waals surface area contributed by atoms with Crippen molar-refractivity contribution in [2.45, 2.75) is 43.6 Å². The zero-order valence-electron chi connectivity index (χ0n) is 22.8. The van der Waals surface area contributed by atoms with Gasteiger partial charge in [-0.2, -0.15) is 0 Å². The number of aliphatic hydroxyl groups excluding tert-OH is 1. The minimum absolute atomic E-state index is 0.0691. The Balaban J connectivity index is 1.50. The number of hydrogen-bond donors (Lipinski definition) is 2. The summed E-state index contributed by atoms with van der Waals surface area (Å²) in [6.45, 7) is 0.363. The largest absolute Gasteiger partial charge is 0.396 e. The summed E-state index contributed by atoms with van der Waals surface area (Å²) in [6, 6.07) is 13.9. The van der Waals surface area contributed by atoms with Crippen molar-refractivity contribution >= 4 is 46.6 Å². The van der Waals surface area contributed by atoms with Gasteiger partial charge in [-0.1, -0.05) is 34.8 Å². The first-order valence-electron chi connectivity index (χ1n) is 13.7. The predicted octanol–water partition coefficient (Wildman–Crippen LogP) is 5.83. The van der Waals surface area contributed by atoms with Gasteiger partial charge in [-0.3, -0.25) is 14.5 Å². The first kappa shape index (κ1) is 30.8. The molecule has 0 saturated carbocycles. The number of aliphatic hydroxyl groups is 1. The maximum atomic E-state index is 14.1. The van der Waals surface area contributed by atoms with Crippen LogP contribution in [-0.2, 0) is 11.2 Å². The van der Waals surface area contributed by atoms with Crippen LogP contribution in [0.4, 0.5) is 8.78 Å². The Labute approximate surface area is 257 Å². The van der Waals surface area contributed by atoms with Gasteiger partial charge in [0.05, 0.1) is 16.3 Å². The SMILES string of the molecule is NC(=O)C1(N2CCC(F)(F)CC2)CCN(C(=O)c2cc(-c3ccc(Cl)cc3Cl)n(-c3ccc(Cl)cc3)c2CCO)CC1. The van der Waals surface area contributed by atoms with Crippen LogP contribution < -0.4 is 5.73 Å². The van der Waals surface area contributed by atoms with Gasteiger partial charge in [0.15, 0.2) is 0 Å². The number of hydrogen-bond acceptors (Lipinski definition) is 4. The normalized spacial score (nSPS) is 18.7.